The Bertz CT molecular complexity index is 1280. The van der Waals surface area contributed by atoms with Crippen LogP contribution in [0.2, 0.25) is 5.02 Å². The monoisotopic (exact) mass is 523 g/mol. The summed E-state index contributed by atoms with van der Waals surface area (Å²) in [4.78, 5) is 25.1. The number of sulfonamides is 1. The summed E-state index contributed by atoms with van der Waals surface area (Å²) < 4.78 is 29.4. The lowest BCUT2D eigenvalue weighted by atomic mass is 10.1. The Morgan fingerprint density at radius 1 is 1.21 bits per heavy atom. The van der Waals surface area contributed by atoms with E-state index in [0.29, 0.717) is 18.0 Å². The highest BCUT2D eigenvalue weighted by Crippen LogP contribution is 2.32. The molecule has 34 heavy (non-hydrogen) atoms. The third-order valence-corrected chi connectivity index (χ3v) is 8.97. The summed E-state index contributed by atoms with van der Waals surface area (Å²) in [6, 6.07) is 14.2. The van der Waals surface area contributed by atoms with Gasteiger partial charge in [-0.15, -0.1) is 11.3 Å². The second kappa shape index (κ2) is 10.8. The average Bonchev–Trinajstić information content (AvgIpc) is 3.37. The van der Waals surface area contributed by atoms with Gasteiger partial charge in [-0.2, -0.15) is 4.72 Å². The molecule has 1 aliphatic heterocycles. The second-order valence-electron chi connectivity index (χ2n) is 8.04. The third kappa shape index (κ3) is 5.76. The van der Waals surface area contributed by atoms with E-state index in [2.05, 4.69) is 16.5 Å². The van der Waals surface area contributed by atoms with Crippen LogP contribution in [0.3, 0.4) is 0 Å². The van der Waals surface area contributed by atoms with Gasteiger partial charge in [-0.25, -0.2) is 8.42 Å². The van der Waals surface area contributed by atoms with E-state index in [4.69, 9.17) is 21.5 Å². The summed E-state index contributed by atoms with van der Waals surface area (Å²) in [5.74, 6) is -0.235. The van der Waals surface area contributed by atoms with Gasteiger partial charge >= 0.3 is 0 Å². The van der Waals surface area contributed by atoms with Gasteiger partial charge in [-0.3, -0.25) is 9.59 Å². The molecule has 1 fully saturated rings. The molecule has 4 rings (SSSR count). The number of hydrogen-bond acceptors (Lipinski definition) is 6. The van der Waals surface area contributed by atoms with Crippen molar-refractivity contribution < 1.29 is 23.1 Å². The molecule has 2 heterocycles. The van der Waals surface area contributed by atoms with Gasteiger partial charge < -0.3 is 14.9 Å². The number of carbonyl (C=O) groups is 2. The van der Waals surface area contributed by atoms with E-state index in [-0.39, 0.29) is 22.6 Å². The first kappa shape index (κ1) is 26.1. The largest absolute Gasteiger partial charge is 0.483 e. The minimum absolute atomic E-state index is 0.179. The van der Waals surface area contributed by atoms with Crippen LogP contribution in [-0.2, 0) is 19.6 Å². The maximum absolute atomic E-state index is 12.9. The highest BCUT2D eigenvalue weighted by molar-refractivity contribution is 7.91. The smallest absolute Gasteiger partial charge is 0.290 e. The van der Waals surface area contributed by atoms with Crippen molar-refractivity contribution in [3.63, 3.8) is 0 Å². The van der Waals surface area contributed by atoms with Crippen LogP contribution >= 0.6 is 22.9 Å². The lowest BCUT2D eigenvalue weighted by Crippen LogP contribution is -2.41. The Balaban J connectivity index is 0.00000103. The predicted octanol–water partition coefficient (Wildman–Crippen LogP) is 3.96. The molecule has 1 aromatic heterocycles. The van der Waals surface area contributed by atoms with Gasteiger partial charge in [0.15, 0.2) is 0 Å². The molecule has 1 amide bonds. The number of nitrogens with one attached hydrogen (secondary N) is 1. The lowest BCUT2D eigenvalue weighted by Gasteiger charge is -2.22. The molecule has 0 radical (unpaired) electrons. The van der Waals surface area contributed by atoms with Crippen molar-refractivity contribution in [2.24, 2.45) is 0 Å². The van der Waals surface area contributed by atoms with E-state index in [1.165, 1.54) is 0 Å². The van der Waals surface area contributed by atoms with Crippen molar-refractivity contribution in [2.75, 3.05) is 25.5 Å². The Kier molecular flexibility index (Phi) is 8.32. The molecule has 1 saturated heterocycles. The van der Waals surface area contributed by atoms with Crippen molar-refractivity contribution in [1.29, 1.82) is 0 Å². The molecule has 2 N–H and O–H groups in total. The van der Waals surface area contributed by atoms with E-state index in [1.807, 2.05) is 38.4 Å². The van der Waals surface area contributed by atoms with Gasteiger partial charge in [-0.05, 0) is 68.7 Å². The second-order valence-corrected chi connectivity index (χ2v) is 11.5. The maximum atomic E-state index is 12.9. The molecule has 0 unspecified atom stereocenters. The van der Waals surface area contributed by atoms with Gasteiger partial charge in [0.25, 0.3) is 16.5 Å². The number of carboxylic acid groups (broad SMARTS) is 1. The average molecular weight is 524 g/mol. The summed E-state index contributed by atoms with van der Waals surface area (Å²) in [6.07, 6.45) is 0.421. The van der Waals surface area contributed by atoms with Crippen molar-refractivity contribution in [3.05, 3.63) is 59.1 Å². The Hall–Kier alpha value is -2.50. The van der Waals surface area contributed by atoms with E-state index in [1.54, 1.807) is 29.2 Å². The molecular formula is C23H26ClN3O5S2. The molecule has 11 heteroatoms. The molecule has 182 valence electrons. The van der Waals surface area contributed by atoms with Crippen LogP contribution < -0.4 is 9.62 Å². The topological polar surface area (TPSA) is 107 Å². The summed E-state index contributed by atoms with van der Waals surface area (Å²) in [5, 5.41) is 8.25. The minimum Gasteiger partial charge on any atom is -0.483 e. The molecule has 2 aromatic carbocycles. The van der Waals surface area contributed by atoms with E-state index in [9.17, 15) is 13.2 Å². The number of benzene rings is 2. The van der Waals surface area contributed by atoms with Crippen molar-refractivity contribution >= 4 is 61.1 Å². The summed E-state index contributed by atoms with van der Waals surface area (Å²) in [6.45, 7) is 2.33. The molecule has 1 aliphatic rings. The van der Waals surface area contributed by atoms with Gasteiger partial charge in [0.2, 0.25) is 5.91 Å². The van der Waals surface area contributed by atoms with Crippen LogP contribution in [0.5, 0.6) is 0 Å². The van der Waals surface area contributed by atoms with Gasteiger partial charge in [-0.1, -0.05) is 29.8 Å². The highest BCUT2D eigenvalue weighted by Gasteiger charge is 2.36. The standard InChI is InChI=1S/C22H24ClN3O3S2.CH2O2/c1-14(25(2)3)15-5-8-18(9-6-15)26-11-10-19(22(26)27)24-31(28,29)21-12-16-4-7-17(23)13-20(16)30-21;2-1-3/h4-9,12-14,19,24H,10-11H2,1-3H3;1H,(H,2,3)/t14-,19+;/m1./s1. The molecule has 2 atom stereocenters. The molecular weight excluding hydrogens is 498 g/mol. The van der Waals surface area contributed by atoms with Crippen LogP contribution in [0.1, 0.15) is 24.9 Å². The number of halogens is 1. The zero-order valence-corrected chi connectivity index (χ0v) is 21.3. The zero-order valence-electron chi connectivity index (χ0n) is 18.9. The molecule has 0 saturated carbocycles. The summed E-state index contributed by atoms with van der Waals surface area (Å²) in [5.41, 5.74) is 1.93. The van der Waals surface area contributed by atoms with Crippen molar-refractivity contribution in [2.45, 2.75) is 29.6 Å². The number of thiophene rings is 1. The maximum Gasteiger partial charge on any atom is 0.290 e. The molecule has 0 aliphatic carbocycles. The minimum atomic E-state index is -3.81. The molecule has 3 aromatic rings. The van der Waals surface area contributed by atoms with Crippen LogP contribution in [0.4, 0.5) is 5.69 Å². The van der Waals surface area contributed by atoms with E-state index < -0.39 is 16.1 Å². The van der Waals surface area contributed by atoms with Gasteiger partial charge in [0.1, 0.15) is 10.3 Å². The van der Waals surface area contributed by atoms with Crippen LogP contribution in [0.15, 0.2) is 52.7 Å². The SMILES string of the molecule is C[C@H](c1ccc(N2CC[C@H](NS(=O)(=O)c3cc4ccc(Cl)cc4s3)C2=O)cc1)N(C)C.O=CO. The first-order chi connectivity index (χ1) is 16.1. The quantitative estimate of drug-likeness (QED) is 0.473. The number of rotatable bonds is 6. The number of carbonyl (C=O) groups excluding carboxylic acids is 1. The number of amides is 1. The normalized spacial score (nSPS) is 17.0. The first-order valence-electron chi connectivity index (χ1n) is 10.4. The van der Waals surface area contributed by atoms with Gasteiger partial charge in [0, 0.05) is 28.0 Å². The number of anilines is 1. The molecule has 0 spiro atoms. The number of fused-ring (bicyclic) bond motifs is 1. The van der Waals surface area contributed by atoms with Crippen LogP contribution in [0, 0.1) is 0 Å². The molecule has 8 nitrogen and oxygen atoms in total. The van der Waals surface area contributed by atoms with Crippen LogP contribution in [0.25, 0.3) is 10.1 Å². The number of hydrogen-bond donors (Lipinski definition) is 2. The fourth-order valence-corrected chi connectivity index (χ4v) is 6.55. The van der Waals surface area contributed by atoms with E-state index >= 15 is 0 Å². The zero-order chi connectivity index (χ0) is 25.0. The van der Waals surface area contributed by atoms with E-state index in [0.717, 1.165) is 32.7 Å². The number of nitrogens with zero attached hydrogens (tertiary/aromatic N) is 2. The lowest BCUT2D eigenvalue weighted by molar-refractivity contribution is -0.123. The predicted molar refractivity (Wildman–Crippen MR) is 135 cm³/mol. The molecule has 0 bridgehead atoms. The fourth-order valence-electron chi connectivity index (χ4n) is 3.64. The highest BCUT2D eigenvalue weighted by atomic mass is 35.5. The third-order valence-electron chi connectivity index (χ3n) is 5.69. The Morgan fingerprint density at radius 2 is 1.85 bits per heavy atom. The summed E-state index contributed by atoms with van der Waals surface area (Å²) >= 11 is 7.15. The summed E-state index contributed by atoms with van der Waals surface area (Å²) in [7, 11) is 0.225. The van der Waals surface area contributed by atoms with Crippen molar-refractivity contribution in [3.8, 4) is 0 Å². The van der Waals surface area contributed by atoms with Crippen LogP contribution in [-0.4, -0.2) is 57.5 Å². The fraction of sp³-hybridized carbons (Fsp3) is 0.304. The Morgan fingerprint density at radius 3 is 2.47 bits per heavy atom. The Labute approximate surface area is 207 Å². The van der Waals surface area contributed by atoms with Gasteiger partial charge in [0.05, 0.1) is 0 Å². The first-order valence-corrected chi connectivity index (χ1v) is 13.1. The van der Waals surface area contributed by atoms with Crippen molar-refractivity contribution in [1.82, 2.24) is 9.62 Å².